The second-order valence-corrected chi connectivity index (χ2v) is 10.2. The zero-order chi connectivity index (χ0) is 22.4. The summed E-state index contributed by atoms with van der Waals surface area (Å²) in [6.45, 7) is 3.94. The van der Waals surface area contributed by atoms with Gasteiger partial charge in [-0.1, -0.05) is 30.0 Å². The van der Waals surface area contributed by atoms with Crippen molar-refractivity contribution in [3.05, 3.63) is 62.9 Å². The SMILES string of the molecule is Cc1sc2nc(SCC(=O)Nc3cc(C4CC4)nn3-c3ccccc3)n(C)c(=O)c2c1C. The number of aromatic nitrogens is 4. The molecule has 1 saturated carbocycles. The van der Waals surface area contributed by atoms with E-state index in [9.17, 15) is 9.59 Å². The largest absolute Gasteiger partial charge is 0.310 e. The highest BCUT2D eigenvalue weighted by Gasteiger charge is 2.28. The number of nitrogens with zero attached hydrogens (tertiary/aromatic N) is 4. The number of carbonyl (C=O) groups excluding carboxylic acids is 1. The number of carbonyl (C=O) groups is 1. The lowest BCUT2D eigenvalue weighted by molar-refractivity contribution is -0.113. The molecule has 164 valence electrons. The number of para-hydroxylation sites is 1. The number of anilines is 1. The highest BCUT2D eigenvalue weighted by Crippen LogP contribution is 2.40. The number of amides is 1. The van der Waals surface area contributed by atoms with E-state index in [1.807, 2.05) is 50.2 Å². The van der Waals surface area contributed by atoms with Crippen LogP contribution in [0.4, 0.5) is 5.82 Å². The minimum absolute atomic E-state index is 0.0732. The molecule has 1 N–H and O–H groups in total. The topological polar surface area (TPSA) is 81.8 Å². The first kappa shape index (κ1) is 21.0. The van der Waals surface area contributed by atoms with E-state index in [0.717, 1.165) is 39.5 Å². The molecular weight excluding hydrogens is 442 g/mol. The third-order valence-corrected chi connectivity index (χ3v) is 7.82. The summed E-state index contributed by atoms with van der Waals surface area (Å²) >= 11 is 2.78. The van der Waals surface area contributed by atoms with Crippen molar-refractivity contribution in [1.82, 2.24) is 19.3 Å². The third-order valence-electron chi connectivity index (χ3n) is 5.69. The Labute approximate surface area is 193 Å². The summed E-state index contributed by atoms with van der Waals surface area (Å²) in [4.78, 5) is 32.0. The predicted octanol–water partition coefficient (Wildman–Crippen LogP) is 4.41. The Bertz CT molecular complexity index is 1380. The molecule has 1 aliphatic carbocycles. The molecule has 9 heteroatoms. The van der Waals surface area contributed by atoms with Crippen LogP contribution < -0.4 is 10.9 Å². The van der Waals surface area contributed by atoms with E-state index in [2.05, 4.69) is 10.3 Å². The highest BCUT2D eigenvalue weighted by molar-refractivity contribution is 7.99. The Morgan fingerprint density at radius 3 is 2.72 bits per heavy atom. The Morgan fingerprint density at radius 1 is 1.25 bits per heavy atom. The second-order valence-electron chi connectivity index (χ2n) is 8.03. The number of benzene rings is 1. The lowest BCUT2D eigenvalue weighted by Gasteiger charge is -2.10. The predicted molar refractivity (Wildman–Crippen MR) is 129 cm³/mol. The van der Waals surface area contributed by atoms with Crippen molar-refractivity contribution in [2.45, 2.75) is 37.8 Å². The van der Waals surface area contributed by atoms with Crippen LogP contribution in [0.3, 0.4) is 0 Å². The molecule has 3 heterocycles. The third kappa shape index (κ3) is 3.86. The Morgan fingerprint density at radius 2 is 2.00 bits per heavy atom. The van der Waals surface area contributed by atoms with Gasteiger partial charge in [-0.15, -0.1) is 11.3 Å². The van der Waals surface area contributed by atoms with Gasteiger partial charge < -0.3 is 5.32 Å². The van der Waals surface area contributed by atoms with Crippen molar-refractivity contribution in [3.63, 3.8) is 0 Å². The Hall–Kier alpha value is -2.91. The monoisotopic (exact) mass is 465 g/mol. The molecule has 0 radical (unpaired) electrons. The van der Waals surface area contributed by atoms with Crippen LogP contribution in [-0.4, -0.2) is 31.0 Å². The zero-order valence-electron chi connectivity index (χ0n) is 18.1. The summed E-state index contributed by atoms with van der Waals surface area (Å²) in [5.74, 6) is 1.12. The fourth-order valence-corrected chi connectivity index (χ4v) is 5.47. The molecule has 0 saturated heterocycles. The molecule has 1 aliphatic rings. The van der Waals surface area contributed by atoms with Crippen LogP contribution in [0, 0.1) is 13.8 Å². The van der Waals surface area contributed by atoms with Crippen molar-refractivity contribution in [3.8, 4) is 5.69 Å². The van der Waals surface area contributed by atoms with Crippen molar-refractivity contribution < 1.29 is 4.79 Å². The highest BCUT2D eigenvalue weighted by atomic mass is 32.2. The van der Waals surface area contributed by atoms with Gasteiger partial charge in [-0.2, -0.15) is 5.10 Å². The maximum Gasteiger partial charge on any atom is 0.262 e. The summed E-state index contributed by atoms with van der Waals surface area (Å²) in [5.41, 5.74) is 2.82. The van der Waals surface area contributed by atoms with Crippen LogP contribution in [-0.2, 0) is 11.8 Å². The standard InChI is InChI=1S/C23H23N5O2S2/c1-13-14(2)32-21-20(13)22(30)27(3)23(25-21)31-12-19(29)24-18-11-17(15-9-10-15)26-28(18)16-7-5-4-6-8-16/h4-8,11,15H,9-10,12H2,1-3H3,(H,24,29). The van der Waals surface area contributed by atoms with Crippen LogP contribution >= 0.6 is 23.1 Å². The van der Waals surface area contributed by atoms with E-state index in [1.165, 1.54) is 27.7 Å². The number of aryl methyl sites for hydroxylation is 2. The summed E-state index contributed by atoms with van der Waals surface area (Å²) in [6, 6.07) is 11.7. The summed E-state index contributed by atoms with van der Waals surface area (Å²) in [7, 11) is 1.70. The summed E-state index contributed by atoms with van der Waals surface area (Å²) in [6.07, 6.45) is 2.28. The fraction of sp³-hybridized carbons (Fsp3) is 0.304. The number of hydrogen-bond donors (Lipinski definition) is 1. The van der Waals surface area contributed by atoms with Crippen molar-refractivity contribution in [2.75, 3.05) is 11.1 Å². The van der Waals surface area contributed by atoms with Gasteiger partial charge in [0.25, 0.3) is 5.56 Å². The lowest BCUT2D eigenvalue weighted by Crippen LogP contribution is -2.21. The second kappa shape index (κ2) is 8.22. The summed E-state index contributed by atoms with van der Waals surface area (Å²) < 4.78 is 3.31. The number of hydrogen-bond acceptors (Lipinski definition) is 6. The minimum Gasteiger partial charge on any atom is -0.310 e. The number of nitrogens with one attached hydrogen (secondary N) is 1. The number of thioether (sulfide) groups is 1. The van der Waals surface area contributed by atoms with Crippen LogP contribution in [0.2, 0.25) is 0 Å². The molecule has 1 aromatic carbocycles. The van der Waals surface area contributed by atoms with Gasteiger partial charge >= 0.3 is 0 Å². The molecule has 1 fully saturated rings. The molecule has 7 nitrogen and oxygen atoms in total. The molecule has 0 bridgehead atoms. The first-order chi connectivity index (χ1) is 15.4. The van der Waals surface area contributed by atoms with E-state index < -0.39 is 0 Å². The maximum absolute atomic E-state index is 12.8. The Kier molecular flexibility index (Phi) is 5.38. The van der Waals surface area contributed by atoms with Crippen molar-refractivity contribution in [2.24, 2.45) is 7.05 Å². The smallest absolute Gasteiger partial charge is 0.262 e. The molecule has 0 spiro atoms. The average molecular weight is 466 g/mol. The first-order valence-electron chi connectivity index (χ1n) is 10.5. The average Bonchev–Trinajstić information content (AvgIpc) is 3.49. The quantitative estimate of drug-likeness (QED) is 0.337. The molecule has 5 rings (SSSR count). The van der Waals surface area contributed by atoms with Crippen LogP contribution in [0.5, 0.6) is 0 Å². The van der Waals surface area contributed by atoms with E-state index >= 15 is 0 Å². The molecule has 32 heavy (non-hydrogen) atoms. The van der Waals surface area contributed by atoms with Crippen molar-refractivity contribution >= 4 is 45.0 Å². The van der Waals surface area contributed by atoms with E-state index in [-0.39, 0.29) is 17.2 Å². The van der Waals surface area contributed by atoms with E-state index in [0.29, 0.717) is 22.3 Å². The zero-order valence-corrected chi connectivity index (χ0v) is 19.7. The first-order valence-corrected chi connectivity index (χ1v) is 12.3. The van der Waals surface area contributed by atoms with Crippen molar-refractivity contribution in [1.29, 1.82) is 0 Å². The fourth-order valence-electron chi connectivity index (χ4n) is 3.63. The van der Waals surface area contributed by atoms with E-state index in [4.69, 9.17) is 5.10 Å². The van der Waals surface area contributed by atoms with Gasteiger partial charge in [0.2, 0.25) is 5.91 Å². The number of rotatable bonds is 6. The van der Waals surface area contributed by atoms with Gasteiger partial charge in [0.15, 0.2) is 5.16 Å². The van der Waals surface area contributed by atoms with Crippen LogP contribution in [0.1, 0.15) is 34.9 Å². The maximum atomic E-state index is 12.8. The van der Waals surface area contributed by atoms with Crippen LogP contribution in [0.25, 0.3) is 15.9 Å². The molecule has 4 aromatic rings. The molecule has 3 aromatic heterocycles. The number of thiophene rings is 1. The normalized spacial score (nSPS) is 13.6. The number of fused-ring (bicyclic) bond motifs is 1. The van der Waals surface area contributed by atoms with Gasteiger partial charge in [0.05, 0.1) is 22.5 Å². The minimum atomic E-state index is -0.165. The van der Waals surface area contributed by atoms with Gasteiger partial charge in [-0.05, 0) is 44.4 Å². The van der Waals surface area contributed by atoms with Gasteiger partial charge in [-0.3, -0.25) is 14.2 Å². The molecular formula is C23H23N5O2S2. The Balaban J connectivity index is 1.36. The van der Waals surface area contributed by atoms with Gasteiger partial charge in [0, 0.05) is 23.9 Å². The molecule has 0 atom stereocenters. The van der Waals surface area contributed by atoms with E-state index in [1.54, 1.807) is 11.7 Å². The van der Waals surface area contributed by atoms with Gasteiger partial charge in [0.1, 0.15) is 10.6 Å². The molecule has 0 aliphatic heterocycles. The summed E-state index contributed by atoms with van der Waals surface area (Å²) in [5, 5.41) is 8.92. The van der Waals surface area contributed by atoms with Gasteiger partial charge in [-0.25, -0.2) is 9.67 Å². The van der Waals surface area contributed by atoms with Crippen LogP contribution in [0.15, 0.2) is 46.3 Å². The molecule has 1 amide bonds. The lowest BCUT2D eigenvalue weighted by atomic mass is 10.2. The molecule has 0 unspecified atom stereocenters.